The topological polar surface area (TPSA) is 36.9 Å². The number of rotatable bonds is 3. The summed E-state index contributed by atoms with van der Waals surface area (Å²) in [6, 6.07) is 0. The molecule has 2 heterocycles. The second-order valence-corrected chi connectivity index (χ2v) is 8.57. The van der Waals surface area contributed by atoms with Crippen molar-refractivity contribution in [3.63, 3.8) is 0 Å². The van der Waals surface area contributed by atoms with Crippen molar-refractivity contribution in [2.24, 2.45) is 5.92 Å². The first kappa shape index (κ1) is 17.3. The Bertz CT molecular complexity index is 392. The van der Waals surface area contributed by atoms with Gasteiger partial charge in [-0.15, -0.1) is 0 Å². The SMILES string of the molecule is CC(C)CC1(C)OB(B2OC(C)(C)C(C)(C)O2)OC1(C)C. The molecule has 2 fully saturated rings. The van der Waals surface area contributed by atoms with Gasteiger partial charge >= 0.3 is 14.0 Å². The Morgan fingerprint density at radius 3 is 1.48 bits per heavy atom. The van der Waals surface area contributed by atoms with E-state index in [-0.39, 0.29) is 22.4 Å². The Balaban J connectivity index is 2.15. The minimum Gasteiger partial charge on any atom is -0.405 e. The summed E-state index contributed by atoms with van der Waals surface area (Å²) in [6.45, 7) is 18.9. The van der Waals surface area contributed by atoms with Gasteiger partial charge < -0.3 is 18.6 Å². The molecule has 0 amide bonds. The molecule has 6 heteroatoms. The standard InChI is InChI=1S/C15H30B2O4/c1-11(2)10-15(9)14(7,8)20-17(21-15)16-18-12(3,4)13(5,6)19-16/h11H,10H2,1-9H3. The van der Waals surface area contributed by atoms with E-state index in [2.05, 4.69) is 34.6 Å². The second kappa shape index (κ2) is 4.98. The molecule has 2 saturated heterocycles. The van der Waals surface area contributed by atoms with Gasteiger partial charge in [-0.2, -0.15) is 0 Å². The van der Waals surface area contributed by atoms with Gasteiger partial charge in [-0.3, -0.25) is 0 Å². The smallest absolute Gasteiger partial charge is 0.405 e. The van der Waals surface area contributed by atoms with Crippen LogP contribution in [0.1, 0.15) is 68.7 Å². The van der Waals surface area contributed by atoms with E-state index in [0.717, 1.165) is 6.42 Å². The van der Waals surface area contributed by atoms with Crippen molar-refractivity contribution in [3.8, 4) is 0 Å². The van der Waals surface area contributed by atoms with Crippen molar-refractivity contribution >= 4 is 14.0 Å². The van der Waals surface area contributed by atoms with Crippen molar-refractivity contribution in [2.45, 2.75) is 91.1 Å². The summed E-state index contributed by atoms with van der Waals surface area (Å²) >= 11 is 0. The second-order valence-electron chi connectivity index (χ2n) is 8.57. The van der Waals surface area contributed by atoms with Crippen LogP contribution in [-0.2, 0) is 18.6 Å². The van der Waals surface area contributed by atoms with Crippen molar-refractivity contribution in [1.29, 1.82) is 0 Å². The van der Waals surface area contributed by atoms with Crippen LogP contribution in [-0.4, -0.2) is 36.4 Å². The van der Waals surface area contributed by atoms with E-state index in [1.165, 1.54) is 0 Å². The molecule has 2 aliphatic rings. The molecule has 2 aliphatic heterocycles. The van der Waals surface area contributed by atoms with Gasteiger partial charge in [-0.05, 0) is 60.8 Å². The maximum Gasteiger partial charge on any atom is 0.488 e. The number of hydrogen-bond donors (Lipinski definition) is 0. The highest BCUT2D eigenvalue weighted by Crippen LogP contribution is 2.45. The van der Waals surface area contributed by atoms with E-state index >= 15 is 0 Å². The molecule has 120 valence electrons. The molecule has 21 heavy (non-hydrogen) atoms. The first-order valence-corrected chi connectivity index (χ1v) is 8.01. The van der Waals surface area contributed by atoms with Crippen molar-refractivity contribution in [3.05, 3.63) is 0 Å². The zero-order valence-corrected chi connectivity index (χ0v) is 15.1. The lowest BCUT2D eigenvalue weighted by molar-refractivity contribution is -0.0239. The average Bonchev–Trinajstić information content (AvgIpc) is 2.58. The molecule has 0 aliphatic carbocycles. The monoisotopic (exact) mass is 296 g/mol. The van der Waals surface area contributed by atoms with Gasteiger partial charge in [0.25, 0.3) is 0 Å². The Kier molecular flexibility index (Phi) is 4.11. The van der Waals surface area contributed by atoms with Crippen LogP contribution in [0.15, 0.2) is 0 Å². The van der Waals surface area contributed by atoms with Gasteiger partial charge in [0.05, 0.1) is 22.4 Å². The average molecular weight is 296 g/mol. The van der Waals surface area contributed by atoms with Crippen LogP contribution in [0.4, 0.5) is 0 Å². The fourth-order valence-electron chi connectivity index (χ4n) is 3.02. The molecule has 0 bridgehead atoms. The summed E-state index contributed by atoms with van der Waals surface area (Å²) in [7, 11) is -0.965. The highest BCUT2D eigenvalue weighted by molar-refractivity contribution is 7.11. The lowest BCUT2D eigenvalue weighted by atomic mass is 9.49. The van der Waals surface area contributed by atoms with Gasteiger partial charge in [0.2, 0.25) is 0 Å². The first-order valence-electron chi connectivity index (χ1n) is 8.01. The molecular weight excluding hydrogens is 266 g/mol. The molecule has 0 aromatic rings. The predicted molar refractivity (Wildman–Crippen MR) is 85.9 cm³/mol. The van der Waals surface area contributed by atoms with Gasteiger partial charge in [0.15, 0.2) is 0 Å². The highest BCUT2D eigenvalue weighted by Gasteiger charge is 2.64. The summed E-state index contributed by atoms with van der Waals surface area (Å²) in [6.07, 6.45) is 0.940. The molecule has 1 atom stereocenters. The van der Waals surface area contributed by atoms with E-state index in [4.69, 9.17) is 18.6 Å². The van der Waals surface area contributed by atoms with Crippen molar-refractivity contribution < 1.29 is 18.6 Å². The zero-order valence-electron chi connectivity index (χ0n) is 15.1. The Morgan fingerprint density at radius 2 is 1.05 bits per heavy atom. The molecule has 2 rings (SSSR count). The summed E-state index contributed by atoms with van der Waals surface area (Å²) in [4.78, 5) is 0. The molecule has 0 aromatic carbocycles. The summed E-state index contributed by atoms with van der Waals surface area (Å²) < 4.78 is 24.6. The molecule has 0 saturated carbocycles. The fourth-order valence-corrected chi connectivity index (χ4v) is 3.02. The predicted octanol–water partition coefficient (Wildman–Crippen LogP) is 3.28. The molecule has 0 N–H and O–H groups in total. The third-order valence-electron chi connectivity index (χ3n) is 5.35. The lowest BCUT2D eigenvalue weighted by Gasteiger charge is -2.37. The van der Waals surface area contributed by atoms with Crippen LogP contribution < -0.4 is 0 Å². The minimum atomic E-state index is -0.483. The maximum atomic E-state index is 6.27. The Morgan fingerprint density at radius 1 is 0.667 bits per heavy atom. The number of hydrogen-bond acceptors (Lipinski definition) is 4. The largest absolute Gasteiger partial charge is 0.488 e. The molecule has 0 radical (unpaired) electrons. The highest BCUT2D eigenvalue weighted by atomic mass is 16.7. The van der Waals surface area contributed by atoms with Crippen molar-refractivity contribution in [2.75, 3.05) is 0 Å². The molecule has 0 spiro atoms. The van der Waals surface area contributed by atoms with E-state index in [9.17, 15) is 0 Å². The van der Waals surface area contributed by atoms with Gasteiger partial charge in [0, 0.05) is 0 Å². The Labute approximate surface area is 130 Å². The van der Waals surface area contributed by atoms with E-state index in [1.54, 1.807) is 0 Å². The van der Waals surface area contributed by atoms with Crippen LogP contribution in [0.25, 0.3) is 0 Å². The zero-order chi connectivity index (χ0) is 16.3. The third-order valence-corrected chi connectivity index (χ3v) is 5.35. The lowest BCUT2D eigenvalue weighted by Crippen LogP contribution is -2.45. The summed E-state index contributed by atoms with van der Waals surface area (Å²) in [5.74, 6) is 0.537. The van der Waals surface area contributed by atoms with Gasteiger partial charge in [-0.25, -0.2) is 0 Å². The van der Waals surface area contributed by atoms with E-state index in [0.29, 0.717) is 5.92 Å². The molecule has 4 nitrogen and oxygen atoms in total. The van der Waals surface area contributed by atoms with E-state index < -0.39 is 14.0 Å². The van der Waals surface area contributed by atoms with E-state index in [1.807, 2.05) is 27.7 Å². The third kappa shape index (κ3) is 2.92. The molecule has 1 unspecified atom stereocenters. The first-order chi connectivity index (χ1) is 9.30. The van der Waals surface area contributed by atoms with Gasteiger partial charge in [-0.1, -0.05) is 13.8 Å². The van der Waals surface area contributed by atoms with Crippen molar-refractivity contribution in [1.82, 2.24) is 0 Å². The Hall–Kier alpha value is -0.0301. The van der Waals surface area contributed by atoms with Gasteiger partial charge in [0.1, 0.15) is 0 Å². The van der Waals surface area contributed by atoms with Crippen LogP contribution in [0.2, 0.25) is 0 Å². The fraction of sp³-hybridized carbons (Fsp3) is 1.00. The van der Waals surface area contributed by atoms with Crippen LogP contribution in [0, 0.1) is 5.92 Å². The van der Waals surface area contributed by atoms with Crippen LogP contribution >= 0.6 is 0 Å². The quantitative estimate of drug-likeness (QED) is 0.749. The minimum absolute atomic E-state index is 0.338. The van der Waals surface area contributed by atoms with Crippen LogP contribution in [0.5, 0.6) is 0 Å². The summed E-state index contributed by atoms with van der Waals surface area (Å²) in [5, 5.41) is 0. The summed E-state index contributed by atoms with van der Waals surface area (Å²) in [5.41, 5.74) is -1.45. The molecular formula is C15H30B2O4. The molecule has 0 aromatic heterocycles. The normalized spacial score (nSPS) is 34.0. The maximum absolute atomic E-state index is 6.27. The van der Waals surface area contributed by atoms with Crippen LogP contribution in [0.3, 0.4) is 0 Å².